The van der Waals surface area contributed by atoms with Crippen LogP contribution in [0.3, 0.4) is 0 Å². The van der Waals surface area contributed by atoms with E-state index in [2.05, 4.69) is 54.1 Å². The minimum atomic E-state index is -0.847. The molecule has 4 atom stereocenters. The first kappa shape index (κ1) is 31.7. The van der Waals surface area contributed by atoms with Crippen molar-refractivity contribution in [3.63, 3.8) is 0 Å². The van der Waals surface area contributed by atoms with Gasteiger partial charge in [0.05, 0.1) is 18.2 Å². The van der Waals surface area contributed by atoms with Crippen LogP contribution in [-0.4, -0.2) is 35.6 Å². The summed E-state index contributed by atoms with van der Waals surface area (Å²) in [5.74, 6) is -0.585. The summed E-state index contributed by atoms with van der Waals surface area (Å²) in [5.41, 5.74) is 6.02. The molecule has 4 N–H and O–H groups in total. The number of carbonyl (C=O) groups is 2. The van der Waals surface area contributed by atoms with Crippen LogP contribution >= 0.6 is 0 Å². The summed E-state index contributed by atoms with van der Waals surface area (Å²) in [6.07, 6.45) is 0.575. The highest BCUT2D eigenvalue weighted by Crippen LogP contribution is 2.17. The van der Waals surface area contributed by atoms with Crippen molar-refractivity contribution in [2.45, 2.75) is 64.8 Å². The van der Waals surface area contributed by atoms with E-state index in [9.17, 15) is 14.7 Å². The first-order valence-corrected chi connectivity index (χ1v) is 15.1. The standard InChI is InChI=1S/C37H43N3O3/c1-5-28-15-12-18-31(21-28)26(3)38-24-35(41)34(22-29-13-8-6-9-14-29)40-37(43)33-20-25(2)19-32(23-33)36(42)39-27(4)30-16-10-7-11-17-30/h6-21,23,26-27,34-35,38,41H,5,22,24H2,1-4H3,(H,39,42)(H,40,43)/t26?,27?,34-,35+/m0/s1. The SMILES string of the molecule is CCc1cccc(C(C)NC[C@@H](O)[C@H](Cc2ccccc2)NC(=O)c2cc(C)cc(C(=O)NC(C)c3ccccc3)c2)c1. The van der Waals surface area contributed by atoms with Gasteiger partial charge in [-0.3, -0.25) is 9.59 Å². The molecule has 2 unspecified atom stereocenters. The van der Waals surface area contributed by atoms with Crippen LogP contribution in [0.1, 0.15) is 81.4 Å². The van der Waals surface area contributed by atoms with Crippen LogP contribution < -0.4 is 16.0 Å². The highest BCUT2D eigenvalue weighted by atomic mass is 16.3. The molecule has 2 amide bonds. The van der Waals surface area contributed by atoms with Crippen LogP contribution in [-0.2, 0) is 12.8 Å². The van der Waals surface area contributed by atoms with Gasteiger partial charge in [-0.2, -0.15) is 0 Å². The lowest BCUT2D eigenvalue weighted by Gasteiger charge is -2.26. The zero-order valence-corrected chi connectivity index (χ0v) is 25.5. The molecule has 0 bridgehead atoms. The first-order valence-electron chi connectivity index (χ1n) is 15.1. The molecule has 4 aromatic rings. The van der Waals surface area contributed by atoms with Crippen molar-refractivity contribution in [3.05, 3.63) is 142 Å². The Morgan fingerprint density at radius 1 is 0.698 bits per heavy atom. The number of nitrogens with one attached hydrogen (secondary N) is 3. The molecule has 43 heavy (non-hydrogen) atoms. The Morgan fingerprint density at radius 2 is 1.28 bits per heavy atom. The molecule has 6 heteroatoms. The summed E-state index contributed by atoms with van der Waals surface area (Å²) >= 11 is 0. The average Bonchev–Trinajstić information content (AvgIpc) is 3.03. The molecule has 224 valence electrons. The fourth-order valence-electron chi connectivity index (χ4n) is 5.19. The van der Waals surface area contributed by atoms with Crippen LogP contribution in [0.5, 0.6) is 0 Å². The van der Waals surface area contributed by atoms with Gasteiger partial charge in [0, 0.05) is 23.7 Å². The number of aliphatic hydroxyl groups is 1. The Bertz CT molecular complexity index is 1490. The molecule has 0 aromatic heterocycles. The van der Waals surface area contributed by atoms with Crippen molar-refractivity contribution in [3.8, 4) is 0 Å². The third-order valence-electron chi connectivity index (χ3n) is 7.82. The van der Waals surface area contributed by atoms with Gasteiger partial charge in [-0.15, -0.1) is 0 Å². The molecule has 0 radical (unpaired) electrons. The summed E-state index contributed by atoms with van der Waals surface area (Å²) < 4.78 is 0. The summed E-state index contributed by atoms with van der Waals surface area (Å²) in [6.45, 7) is 8.30. The van der Waals surface area contributed by atoms with Crippen LogP contribution in [0.4, 0.5) is 0 Å². The van der Waals surface area contributed by atoms with Gasteiger partial charge in [-0.1, -0.05) is 91.9 Å². The van der Waals surface area contributed by atoms with E-state index >= 15 is 0 Å². The molecule has 4 aromatic carbocycles. The number of amides is 2. The normalized spacial score (nSPS) is 13.9. The van der Waals surface area contributed by atoms with Gasteiger partial charge in [0.15, 0.2) is 0 Å². The van der Waals surface area contributed by atoms with E-state index in [1.165, 1.54) is 5.56 Å². The second-order valence-corrected chi connectivity index (χ2v) is 11.3. The fraction of sp³-hybridized carbons (Fsp3) is 0.297. The van der Waals surface area contributed by atoms with Gasteiger partial charge >= 0.3 is 0 Å². The summed E-state index contributed by atoms with van der Waals surface area (Å²) in [5, 5.41) is 20.9. The molecule has 0 saturated heterocycles. The Morgan fingerprint density at radius 3 is 1.93 bits per heavy atom. The van der Waals surface area contributed by atoms with Crippen molar-refractivity contribution < 1.29 is 14.7 Å². The lowest BCUT2D eigenvalue weighted by Crippen LogP contribution is -2.49. The van der Waals surface area contributed by atoms with Crippen LogP contribution in [0, 0.1) is 6.92 Å². The second kappa shape index (κ2) is 15.3. The first-order chi connectivity index (χ1) is 20.7. The summed E-state index contributed by atoms with van der Waals surface area (Å²) in [7, 11) is 0. The van der Waals surface area contributed by atoms with Crippen molar-refractivity contribution in [2.24, 2.45) is 0 Å². The van der Waals surface area contributed by atoms with Crippen LogP contribution in [0.25, 0.3) is 0 Å². The lowest BCUT2D eigenvalue weighted by atomic mass is 9.99. The Labute approximate surface area is 255 Å². The number of aliphatic hydroxyl groups excluding tert-OH is 1. The van der Waals surface area contributed by atoms with Crippen molar-refractivity contribution in [1.82, 2.24) is 16.0 Å². The molecule has 0 spiro atoms. The van der Waals surface area contributed by atoms with E-state index in [0.717, 1.165) is 28.7 Å². The average molecular weight is 578 g/mol. The van der Waals surface area contributed by atoms with Gasteiger partial charge in [0.2, 0.25) is 0 Å². The smallest absolute Gasteiger partial charge is 0.251 e. The maximum absolute atomic E-state index is 13.6. The summed E-state index contributed by atoms with van der Waals surface area (Å²) in [4.78, 5) is 26.7. The van der Waals surface area contributed by atoms with E-state index in [4.69, 9.17) is 0 Å². The molecule has 0 saturated carbocycles. The minimum absolute atomic E-state index is 0.0327. The number of aryl methyl sites for hydroxylation is 2. The highest BCUT2D eigenvalue weighted by Gasteiger charge is 2.24. The molecule has 0 aliphatic carbocycles. The van der Waals surface area contributed by atoms with Gasteiger partial charge in [-0.05, 0) is 79.6 Å². The lowest BCUT2D eigenvalue weighted by molar-refractivity contribution is 0.0825. The Balaban J connectivity index is 1.47. The number of hydrogen-bond acceptors (Lipinski definition) is 4. The van der Waals surface area contributed by atoms with E-state index in [-0.39, 0.29) is 23.9 Å². The molecule has 4 rings (SSSR count). The number of benzene rings is 4. The van der Waals surface area contributed by atoms with E-state index in [0.29, 0.717) is 24.1 Å². The second-order valence-electron chi connectivity index (χ2n) is 11.3. The Kier molecular flexibility index (Phi) is 11.3. The largest absolute Gasteiger partial charge is 0.390 e. The molecule has 0 heterocycles. The number of carbonyl (C=O) groups excluding carboxylic acids is 2. The Hall–Kier alpha value is -4.26. The zero-order chi connectivity index (χ0) is 30.8. The van der Waals surface area contributed by atoms with Gasteiger partial charge in [-0.25, -0.2) is 0 Å². The predicted octanol–water partition coefficient (Wildman–Crippen LogP) is 6.10. The van der Waals surface area contributed by atoms with Gasteiger partial charge < -0.3 is 21.1 Å². The fourth-order valence-corrected chi connectivity index (χ4v) is 5.19. The minimum Gasteiger partial charge on any atom is -0.390 e. The highest BCUT2D eigenvalue weighted by molar-refractivity contribution is 6.00. The molecule has 0 fully saturated rings. The molecule has 0 aliphatic rings. The van der Waals surface area contributed by atoms with Crippen molar-refractivity contribution in [2.75, 3.05) is 6.54 Å². The molecule has 6 nitrogen and oxygen atoms in total. The van der Waals surface area contributed by atoms with Gasteiger partial charge in [0.1, 0.15) is 0 Å². The van der Waals surface area contributed by atoms with Crippen LogP contribution in [0.15, 0.2) is 103 Å². The van der Waals surface area contributed by atoms with E-state index in [1.54, 1.807) is 18.2 Å². The molecular formula is C37H43N3O3. The monoisotopic (exact) mass is 577 g/mol. The maximum atomic E-state index is 13.6. The maximum Gasteiger partial charge on any atom is 0.251 e. The predicted molar refractivity (Wildman–Crippen MR) is 173 cm³/mol. The van der Waals surface area contributed by atoms with Gasteiger partial charge in [0.25, 0.3) is 11.8 Å². The third-order valence-corrected chi connectivity index (χ3v) is 7.82. The molecular weight excluding hydrogens is 534 g/mol. The number of rotatable bonds is 13. The quantitative estimate of drug-likeness (QED) is 0.155. The molecule has 0 aliphatic heterocycles. The van der Waals surface area contributed by atoms with Crippen molar-refractivity contribution >= 4 is 11.8 Å². The number of hydrogen-bond donors (Lipinski definition) is 4. The van der Waals surface area contributed by atoms with E-state index < -0.39 is 12.1 Å². The topological polar surface area (TPSA) is 90.5 Å². The van der Waals surface area contributed by atoms with Crippen molar-refractivity contribution in [1.29, 1.82) is 0 Å². The zero-order valence-electron chi connectivity index (χ0n) is 25.5. The summed E-state index contributed by atoms with van der Waals surface area (Å²) in [6, 6.07) is 32.4. The third kappa shape index (κ3) is 9.11. The van der Waals surface area contributed by atoms with Crippen LogP contribution in [0.2, 0.25) is 0 Å². The van der Waals surface area contributed by atoms with E-state index in [1.807, 2.05) is 74.5 Å².